The largest absolute Gasteiger partial charge is 0.307 e. The molecular weight excluding hydrogens is 160 g/mol. The Kier molecular flexibility index (Phi) is 2.02. The number of aryl methyl sites for hydroxylation is 1. The van der Waals surface area contributed by atoms with Gasteiger partial charge in [0.15, 0.2) is 0 Å². The van der Waals surface area contributed by atoms with Crippen LogP contribution in [0.15, 0.2) is 12.3 Å². The summed E-state index contributed by atoms with van der Waals surface area (Å²) in [6, 6.07) is 2.05. The van der Waals surface area contributed by atoms with Crippen molar-refractivity contribution >= 4 is 0 Å². The highest BCUT2D eigenvalue weighted by molar-refractivity contribution is 5.34. The summed E-state index contributed by atoms with van der Waals surface area (Å²) in [6.45, 7) is 9.19. The minimum absolute atomic E-state index is 0.0173. The predicted molar refractivity (Wildman–Crippen MR) is 51.3 cm³/mol. The summed E-state index contributed by atoms with van der Waals surface area (Å²) in [7, 11) is 0. The van der Waals surface area contributed by atoms with Gasteiger partial charge in [-0.2, -0.15) is 0 Å². The smallest absolute Gasteiger partial charge is 0.265 e. The fourth-order valence-corrected chi connectivity index (χ4v) is 1.96. The van der Waals surface area contributed by atoms with Crippen LogP contribution in [0.4, 0.5) is 0 Å². The Morgan fingerprint density at radius 1 is 1.62 bits per heavy atom. The molecule has 1 heterocycles. The van der Waals surface area contributed by atoms with E-state index in [0.29, 0.717) is 0 Å². The molecule has 0 radical (unpaired) electrons. The third-order valence-corrected chi connectivity index (χ3v) is 2.70. The van der Waals surface area contributed by atoms with Crippen molar-refractivity contribution < 1.29 is 0 Å². The third-order valence-electron chi connectivity index (χ3n) is 2.70. The molecule has 1 aliphatic rings. The van der Waals surface area contributed by atoms with Gasteiger partial charge in [0.2, 0.25) is 0 Å². The van der Waals surface area contributed by atoms with Crippen molar-refractivity contribution in [3.63, 3.8) is 0 Å². The number of pyridine rings is 1. The van der Waals surface area contributed by atoms with Gasteiger partial charge in [-0.25, -0.2) is 6.57 Å². The van der Waals surface area contributed by atoms with Gasteiger partial charge in [-0.3, -0.25) is 4.98 Å². The molecule has 13 heavy (non-hydrogen) atoms. The molecule has 2 heteroatoms. The molecule has 0 saturated carbocycles. The van der Waals surface area contributed by atoms with Crippen molar-refractivity contribution in [3.8, 4) is 0 Å². The number of nitrogens with zero attached hydrogens (tertiary/aromatic N) is 2. The molecule has 2 nitrogen and oxygen atoms in total. The second-order valence-corrected chi connectivity index (χ2v) is 3.53. The van der Waals surface area contributed by atoms with Crippen LogP contribution in [0.3, 0.4) is 0 Å². The fourth-order valence-electron chi connectivity index (χ4n) is 1.96. The van der Waals surface area contributed by atoms with Crippen LogP contribution in [0.1, 0.15) is 35.7 Å². The molecule has 0 N–H and O–H groups in total. The molecule has 0 amide bonds. The second kappa shape index (κ2) is 3.18. The summed E-state index contributed by atoms with van der Waals surface area (Å²) in [5.41, 5.74) is 3.63. The van der Waals surface area contributed by atoms with E-state index in [2.05, 4.69) is 16.8 Å². The van der Waals surface area contributed by atoms with Crippen molar-refractivity contribution in [2.45, 2.75) is 32.2 Å². The third kappa shape index (κ3) is 1.31. The molecule has 2 rings (SSSR count). The zero-order valence-corrected chi connectivity index (χ0v) is 7.75. The minimum atomic E-state index is 0.0173. The number of hydrogen-bond acceptors (Lipinski definition) is 1. The highest BCUT2D eigenvalue weighted by Crippen LogP contribution is 2.32. The van der Waals surface area contributed by atoms with Gasteiger partial charge in [0.05, 0.1) is 0 Å². The van der Waals surface area contributed by atoms with Crippen LogP contribution in [0.2, 0.25) is 0 Å². The Hall–Kier alpha value is -1.36. The molecule has 66 valence electrons. The van der Waals surface area contributed by atoms with Gasteiger partial charge in [0, 0.05) is 12.6 Å². The molecular formula is C11H12N2. The van der Waals surface area contributed by atoms with Crippen LogP contribution >= 0.6 is 0 Å². The lowest BCUT2D eigenvalue weighted by Gasteiger charge is -2.17. The molecule has 0 spiro atoms. The van der Waals surface area contributed by atoms with Crippen molar-refractivity contribution in [3.05, 3.63) is 40.5 Å². The molecule has 1 aliphatic carbocycles. The molecule has 0 fully saturated rings. The minimum Gasteiger partial charge on any atom is -0.307 e. The van der Waals surface area contributed by atoms with E-state index in [1.165, 1.54) is 11.1 Å². The first-order chi connectivity index (χ1) is 6.33. The van der Waals surface area contributed by atoms with Crippen molar-refractivity contribution in [1.82, 2.24) is 4.98 Å². The van der Waals surface area contributed by atoms with Crippen LogP contribution in [0, 0.1) is 13.5 Å². The van der Waals surface area contributed by atoms with Crippen LogP contribution in [0.5, 0.6) is 0 Å². The molecule has 1 aromatic heterocycles. The summed E-state index contributed by atoms with van der Waals surface area (Å²) < 4.78 is 0. The van der Waals surface area contributed by atoms with Gasteiger partial charge < -0.3 is 4.85 Å². The average Bonchev–Trinajstić information content (AvgIpc) is 2.18. The van der Waals surface area contributed by atoms with Crippen LogP contribution in [0.25, 0.3) is 4.85 Å². The molecule has 1 unspecified atom stereocenters. The van der Waals surface area contributed by atoms with Crippen molar-refractivity contribution in [2.24, 2.45) is 0 Å². The Morgan fingerprint density at radius 3 is 3.23 bits per heavy atom. The molecule has 0 bridgehead atoms. The van der Waals surface area contributed by atoms with Gasteiger partial charge in [-0.05, 0) is 37.0 Å². The fraction of sp³-hybridized carbons (Fsp3) is 0.455. The van der Waals surface area contributed by atoms with Gasteiger partial charge in [0.1, 0.15) is 5.69 Å². The summed E-state index contributed by atoms with van der Waals surface area (Å²) in [5, 5.41) is 0. The maximum Gasteiger partial charge on any atom is 0.265 e. The Labute approximate surface area is 78.4 Å². The van der Waals surface area contributed by atoms with E-state index in [9.17, 15) is 0 Å². The normalized spacial score (nSPS) is 20.5. The zero-order valence-electron chi connectivity index (χ0n) is 7.75. The van der Waals surface area contributed by atoms with E-state index < -0.39 is 0 Å². The van der Waals surface area contributed by atoms with E-state index in [-0.39, 0.29) is 6.04 Å². The molecule has 0 saturated heterocycles. The standard InChI is InChI=1S/C11H12N2/c1-8-6-7-13-11-9(8)4-3-5-10(11)12-2/h6-7,10H,3-5H2,1H3. The highest BCUT2D eigenvalue weighted by atomic mass is 14.8. The summed E-state index contributed by atoms with van der Waals surface area (Å²) >= 11 is 0. The average molecular weight is 172 g/mol. The Morgan fingerprint density at radius 2 is 2.46 bits per heavy atom. The number of hydrogen-bond donors (Lipinski definition) is 0. The first-order valence-corrected chi connectivity index (χ1v) is 4.64. The first kappa shape index (κ1) is 8.25. The highest BCUT2D eigenvalue weighted by Gasteiger charge is 2.26. The topological polar surface area (TPSA) is 17.2 Å². The van der Waals surface area contributed by atoms with E-state index in [4.69, 9.17) is 6.57 Å². The maximum atomic E-state index is 7.08. The van der Waals surface area contributed by atoms with E-state index in [1.807, 2.05) is 12.3 Å². The van der Waals surface area contributed by atoms with E-state index in [0.717, 1.165) is 25.0 Å². The Balaban J connectivity index is 2.53. The quantitative estimate of drug-likeness (QED) is 0.550. The molecule has 1 aromatic rings. The number of rotatable bonds is 0. The number of aromatic nitrogens is 1. The van der Waals surface area contributed by atoms with Crippen LogP contribution in [-0.4, -0.2) is 4.98 Å². The van der Waals surface area contributed by atoms with Gasteiger partial charge in [-0.15, -0.1) is 0 Å². The molecule has 0 aliphatic heterocycles. The van der Waals surface area contributed by atoms with Crippen molar-refractivity contribution in [2.75, 3.05) is 0 Å². The summed E-state index contributed by atoms with van der Waals surface area (Å²) in [6.07, 6.45) is 5.03. The van der Waals surface area contributed by atoms with E-state index in [1.54, 1.807) is 0 Å². The lowest BCUT2D eigenvalue weighted by Crippen LogP contribution is -2.10. The lowest BCUT2D eigenvalue weighted by atomic mass is 9.90. The van der Waals surface area contributed by atoms with Gasteiger partial charge in [0.25, 0.3) is 6.04 Å². The van der Waals surface area contributed by atoms with E-state index >= 15 is 0 Å². The van der Waals surface area contributed by atoms with Crippen molar-refractivity contribution in [1.29, 1.82) is 0 Å². The zero-order chi connectivity index (χ0) is 9.26. The van der Waals surface area contributed by atoms with Gasteiger partial charge >= 0.3 is 0 Å². The summed E-state index contributed by atoms with van der Waals surface area (Å²) in [5.74, 6) is 0. The molecule has 1 atom stereocenters. The number of fused-ring (bicyclic) bond motifs is 1. The molecule has 0 aromatic carbocycles. The second-order valence-electron chi connectivity index (χ2n) is 3.53. The SMILES string of the molecule is [C-]#[N+]C1CCCc2c(C)ccnc21. The van der Waals surface area contributed by atoms with Crippen LogP contribution in [-0.2, 0) is 6.42 Å². The Bertz CT molecular complexity index is 363. The predicted octanol–water partition coefficient (Wildman–Crippen LogP) is 2.69. The lowest BCUT2D eigenvalue weighted by molar-refractivity contribution is 0.606. The van der Waals surface area contributed by atoms with Crippen LogP contribution < -0.4 is 0 Å². The van der Waals surface area contributed by atoms with Gasteiger partial charge in [-0.1, -0.05) is 0 Å². The first-order valence-electron chi connectivity index (χ1n) is 4.64. The summed E-state index contributed by atoms with van der Waals surface area (Å²) in [4.78, 5) is 7.94. The maximum absolute atomic E-state index is 7.08. The monoisotopic (exact) mass is 172 g/mol.